The summed E-state index contributed by atoms with van der Waals surface area (Å²) in [5, 5.41) is 7.14. The molecule has 1 unspecified atom stereocenters. The number of nitrogens with zero attached hydrogens (tertiary/aromatic N) is 2. The smallest absolute Gasteiger partial charge is 0.276 e. The molecule has 0 aliphatic carbocycles. The van der Waals surface area contributed by atoms with Gasteiger partial charge < -0.3 is 14.8 Å². The molecule has 1 amide bonds. The summed E-state index contributed by atoms with van der Waals surface area (Å²) in [5.74, 6) is -0.391. The van der Waals surface area contributed by atoms with Crippen LogP contribution in [0.25, 0.3) is 5.69 Å². The van der Waals surface area contributed by atoms with E-state index in [2.05, 4.69) is 10.4 Å². The highest BCUT2D eigenvalue weighted by Crippen LogP contribution is 2.23. The Bertz CT molecular complexity index is 941. The van der Waals surface area contributed by atoms with Crippen molar-refractivity contribution >= 4 is 5.91 Å². The zero-order valence-corrected chi connectivity index (χ0v) is 15.3. The lowest BCUT2D eigenvalue weighted by molar-refractivity contribution is 0.0931. The molecule has 1 N–H and O–H groups in total. The maximum absolute atomic E-state index is 13.9. The molecule has 27 heavy (non-hydrogen) atoms. The van der Waals surface area contributed by atoms with Crippen LogP contribution in [0.15, 0.2) is 54.7 Å². The summed E-state index contributed by atoms with van der Waals surface area (Å²) in [6.45, 7) is 1.76. The average molecular weight is 369 g/mol. The van der Waals surface area contributed by atoms with E-state index >= 15 is 0 Å². The molecule has 6 nitrogen and oxygen atoms in total. The second-order valence-electron chi connectivity index (χ2n) is 5.92. The first kappa shape index (κ1) is 18.4. The number of ether oxygens (including phenoxy) is 2. The van der Waals surface area contributed by atoms with Gasteiger partial charge in [-0.15, -0.1) is 0 Å². The van der Waals surface area contributed by atoms with Crippen LogP contribution in [0.5, 0.6) is 11.5 Å². The van der Waals surface area contributed by atoms with Crippen LogP contribution in [0.2, 0.25) is 0 Å². The van der Waals surface area contributed by atoms with E-state index < -0.39 is 17.8 Å². The van der Waals surface area contributed by atoms with Gasteiger partial charge in [-0.25, -0.2) is 9.07 Å². The third kappa shape index (κ3) is 3.92. The fourth-order valence-electron chi connectivity index (χ4n) is 2.68. The molecule has 3 aromatic rings. The van der Waals surface area contributed by atoms with E-state index in [-0.39, 0.29) is 11.4 Å². The fourth-order valence-corrected chi connectivity index (χ4v) is 2.68. The van der Waals surface area contributed by atoms with Crippen LogP contribution in [0, 0.1) is 5.82 Å². The van der Waals surface area contributed by atoms with Crippen LogP contribution in [0.3, 0.4) is 0 Å². The van der Waals surface area contributed by atoms with Gasteiger partial charge in [0.15, 0.2) is 23.0 Å². The molecule has 0 saturated carbocycles. The number of halogens is 1. The number of amides is 1. The van der Waals surface area contributed by atoms with Crippen molar-refractivity contribution in [2.75, 3.05) is 14.2 Å². The predicted molar refractivity (Wildman–Crippen MR) is 98.9 cm³/mol. The lowest BCUT2D eigenvalue weighted by Gasteiger charge is -2.14. The van der Waals surface area contributed by atoms with E-state index in [9.17, 15) is 9.18 Å². The number of aromatic nitrogens is 2. The molecule has 0 aliphatic heterocycles. The number of methoxy groups -OCH3 is 2. The van der Waals surface area contributed by atoms with Crippen LogP contribution < -0.4 is 14.8 Å². The van der Waals surface area contributed by atoms with E-state index in [1.807, 2.05) is 30.3 Å². The summed E-state index contributed by atoms with van der Waals surface area (Å²) >= 11 is 0. The normalized spacial score (nSPS) is 11.7. The minimum atomic E-state index is -0.484. The molecule has 1 aromatic heterocycles. The minimum absolute atomic E-state index is 0.153. The number of rotatable bonds is 6. The zero-order valence-electron chi connectivity index (χ0n) is 15.3. The highest BCUT2D eigenvalue weighted by atomic mass is 19.1. The van der Waals surface area contributed by atoms with Gasteiger partial charge >= 0.3 is 0 Å². The Hall–Kier alpha value is -3.35. The predicted octanol–water partition coefficient (Wildman–Crippen LogP) is 3.52. The van der Waals surface area contributed by atoms with Crippen LogP contribution >= 0.6 is 0 Å². The lowest BCUT2D eigenvalue weighted by atomic mass is 10.1. The van der Waals surface area contributed by atoms with Crippen molar-refractivity contribution in [1.29, 1.82) is 0 Å². The summed E-state index contributed by atoms with van der Waals surface area (Å²) in [4.78, 5) is 12.7. The topological polar surface area (TPSA) is 65.4 Å². The number of carbonyl (C=O) groups excluding carboxylic acids is 1. The molecular formula is C20H20FN3O3. The van der Waals surface area contributed by atoms with Crippen LogP contribution in [-0.4, -0.2) is 29.9 Å². The Labute approximate surface area is 156 Å². The standard InChI is InChI=1S/C20H20FN3O3/c1-13(14-9-10-17(26-2)16(21)11-14)22-20(25)19-18(27-3)12-24(23-19)15-7-5-4-6-8-15/h4-13H,1-3H3,(H,22,25). The van der Waals surface area contributed by atoms with Gasteiger partial charge in [-0.3, -0.25) is 4.79 Å². The van der Waals surface area contributed by atoms with E-state index in [4.69, 9.17) is 9.47 Å². The van der Waals surface area contributed by atoms with E-state index in [0.29, 0.717) is 11.3 Å². The second kappa shape index (κ2) is 7.90. The molecule has 0 fully saturated rings. The molecule has 3 rings (SSSR count). The molecule has 1 heterocycles. The van der Waals surface area contributed by atoms with Gasteiger partial charge in [0.2, 0.25) is 0 Å². The van der Waals surface area contributed by atoms with Gasteiger partial charge in [-0.05, 0) is 36.8 Å². The van der Waals surface area contributed by atoms with Crippen molar-refractivity contribution in [1.82, 2.24) is 15.1 Å². The third-order valence-corrected chi connectivity index (χ3v) is 4.16. The first-order chi connectivity index (χ1) is 13.0. The highest BCUT2D eigenvalue weighted by Gasteiger charge is 2.21. The Morgan fingerprint density at radius 1 is 1.11 bits per heavy atom. The Balaban J connectivity index is 1.81. The van der Waals surface area contributed by atoms with Crippen molar-refractivity contribution in [3.63, 3.8) is 0 Å². The van der Waals surface area contributed by atoms with Crippen molar-refractivity contribution in [3.05, 3.63) is 71.8 Å². The number of benzene rings is 2. The zero-order chi connectivity index (χ0) is 19.4. The summed E-state index contributed by atoms with van der Waals surface area (Å²) in [5.41, 5.74) is 1.57. The largest absolute Gasteiger partial charge is 0.494 e. The summed E-state index contributed by atoms with van der Waals surface area (Å²) in [6, 6.07) is 13.5. The van der Waals surface area contributed by atoms with E-state index in [1.165, 1.54) is 26.4 Å². The SMILES string of the molecule is COc1ccc(C(C)NC(=O)c2nn(-c3ccccc3)cc2OC)cc1F. The summed E-state index contributed by atoms with van der Waals surface area (Å²) in [7, 11) is 2.88. The quantitative estimate of drug-likeness (QED) is 0.722. The molecule has 7 heteroatoms. The summed E-state index contributed by atoms with van der Waals surface area (Å²) in [6.07, 6.45) is 1.64. The van der Waals surface area contributed by atoms with Crippen molar-refractivity contribution in [2.24, 2.45) is 0 Å². The average Bonchev–Trinajstić information content (AvgIpc) is 3.13. The molecule has 0 bridgehead atoms. The van der Waals surface area contributed by atoms with E-state index in [0.717, 1.165) is 5.69 Å². The van der Waals surface area contributed by atoms with Gasteiger partial charge in [0.25, 0.3) is 5.91 Å². The molecule has 1 atom stereocenters. The van der Waals surface area contributed by atoms with Crippen molar-refractivity contribution in [3.8, 4) is 17.2 Å². The van der Waals surface area contributed by atoms with Gasteiger partial charge in [-0.1, -0.05) is 24.3 Å². The number of hydrogen-bond acceptors (Lipinski definition) is 4. The third-order valence-electron chi connectivity index (χ3n) is 4.16. The maximum Gasteiger partial charge on any atom is 0.276 e. The molecule has 0 radical (unpaired) electrons. The molecule has 0 spiro atoms. The number of hydrogen-bond donors (Lipinski definition) is 1. The maximum atomic E-state index is 13.9. The Morgan fingerprint density at radius 3 is 2.44 bits per heavy atom. The highest BCUT2D eigenvalue weighted by molar-refractivity contribution is 5.95. The monoisotopic (exact) mass is 369 g/mol. The molecular weight excluding hydrogens is 349 g/mol. The second-order valence-corrected chi connectivity index (χ2v) is 5.92. The summed E-state index contributed by atoms with van der Waals surface area (Å²) < 4.78 is 25.7. The number of para-hydroxylation sites is 1. The van der Waals surface area contributed by atoms with Gasteiger partial charge in [0.1, 0.15) is 0 Å². The number of nitrogens with one attached hydrogen (secondary N) is 1. The molecule has 2 aromatic carbocycles. The Kier molecular flexibility index (Phi) is 5.40. The van der Waals surface area contributed by atoms with Crippen molar-refractivity contribution in [2.45, 2.75) is 13.0 Å². The molecule has 0 saturated heterocycles. The Morgan fingerprint density at radius 2 is 1.81 bits per heavy atom. The van der Waals surface area contributed by atoms with Gasteiger partial charge in [0.05, 0.1) is 32.1 Å². The van der Waals surface area contributed by atoms with E-state index in [1.54, 1.807) is 23.9 Å². The van der Waals surface area contributed by atoms with Crippen LogP contribution in [0.1, 0.15) is 29.0 Å². The van der Waals surface area contributed by atoms with Gasteiger partial charge in [-0.2, -0.15) is 5.10 Å². The van der Waals surface area contributed by atoms with Gasteiger partial charge in [0, 0.05) is 0 Å². The number of carbonyl (C=O) groups is 1. The lowest BCUT2D eigenvalue weighted by Crippen LogP contribution is -2.27. The molecule has 140 valence electrons. The first-order valence-electron chi connectivity index (χ1n) is 8.37. The van der Waals surface area contributed by atoms with Crippen LogP contribution in [-0.2, 0) is 0 Å². The minimum Gasteiger partial charge on any atom is -0.494 e. The fraction of sp³-hybridized carbons (Fsp3) is 0.200. The van der Waals surface area contributed by atoms with Crippen molar-refractivity contribution < 1.29 is 18.7 Å². The first-order valence-corrected chi connectivity index (χ1v) is 8.37. The molecule has 0 aliphatic rings. The van der Waals surface area contributed by atoms with Crippen LogP contribution in [0.4, 0.5) is 4.39 Å².